The standard InChI is InChI=1S/C23H26ClF3O6/c1-3-18-19(28)20(29)21(30)23(31-2,33-18)15-6-9-17(24)14(11-15)10-13-4-7-16(8-5-13)32-12-22(25,26)27/h4-9,11,18-21,28-30H,3,10,12H2,1-2H3/t18-,19-,20+,21-,23+/m1/s1. The lowest BCUT2D eigenvalue weighted by molar-refractivity contribution is -0.363. The van der Waals surface area contributed by atoms with Gasteiger partial charge in [-0.1, -0.05) is 36.7 Å². The molecule has 182 valence electrons. The zero-order valence-corrected chi connectivity index (χ0v) is 18.8. The van der Waals surface area contributed by atoms with E-state index in [1.165, 1.54) is 19.2 Å². The maximum Gasteiger partial charge on any atom is 0.422 e. The van der Waals surface area contributed by atoms with Crippen LogP contribution in [-0.2, 0) is 21.7 Å². The molecule has 33 heavy (non-hydrogen) atoms. The molecule has 2 aromatic rings. The number of hydrogen-bond donors (Lipinski definition) is 3. The lowest BCUT2D eigenvalue weighted by Crippen LogP contribution is -2.63. The Morgan fingerprint density at radius 2 is 1.73 bits per heavy atom. The highest BCUT2D eigenvalue weighted by molar-refractivity contribution is 6.31. The number of aliphatic hydroxyl groups is 3. The summed E-state index contributed by atoms with van der Waals surface area (Å²) < 4.78 is 53.2. The number of methoxy groups -OCH3 is 1. The van der Waals surface area contributed by atoms with Crippen LogP contribution in [0.4, 0.5) is 13.2 Å². The van der Waals surface area contributed by atoms with E-state index in [0.717, 1.165) is 5.56 Å². The van der Waals surface area contributed by atoms with E-state index in [2.05, 4.69) is 0 Å². The maximum absolute atomic E-state index is 12.3. The molecule has 0 bridgehead atoms. The van der Waals surface area contributed by atoms with Crippen molar-refractivity contribution in [2.45, 2.75) is 56.1 Å². The Morgan fingerprint density at radius 3 is 2.30 bits per heavy atom. The average Bonchev–Trinajstić information content (AvgIpc) is 2.79. The molecule has 1 heterocycles. The van der Waals surface area contributed by atoms with E-state index in [0.29, 0.717) is 29.0 Å². The van der Waals surface area contributed by atoms with Crippen LogP contribution >= 0.6 is 11.6 Å². The molecule has 1 aliphatic heterocycles. The van der Waals surface area contributed by atoms with Crippen molar-refractivity contribution >= 4 is 11.6 Å². The molecule has 3 rings (SSSR count). The molecule has 10 heteroatoms. The molecule has 0 spiro atoms. The highest BCUT2D eigenvalue weighted by atomic mass is 35.5. The van der Waals surface area contributed by atoms with Gasteiger partial charge in [0, 0.05) is 17.7 Å². The predicted octanol–water partition coefficient (Wildman–Crippen LogP) is 3.56. The molecule has 1 fully saturated rings. The highest BCUT2D eigenvalue weighted by Crippen LogP contribution is 2.41. The first-order valence-electron chi connectivity index (χ1n) is 10.3. The van der Waals surface area contributed by atoms with Gasteiger partial charge in [0.15, 0.2) is 6.61 Å². The third kappa shape index (κ3) is 5.62. The third-order valence-electron chi connectivity index (χ3n) is 5.64. The molecule has 0 aliphatic carbocycles. The van der Waals surface area contributed by atoms with Crippen molar-refractivity contribution in [3.05, 3.63) is 64.2 Å². The molecule has 0 amide bonds. The predicted molar refractivity (Wildman–Crippen MR) is 114 cm³/mol. The van der Waals surface area contributed by atoms with E-state index >= 15 is 0 Å². The minimum atomic E-state index is -4.42. The van der Waals surface area contributed by atoms with E-state index in [4.69, 9.17) is 25.8 Å². The van der Waals surface area contributed by atoms with Gasteiger partial charge in [0.2, 0.25) is 5.79 Å². The summed E-state index contributed by atoms with van der Waals surface area (Å²) in [7, 11) is 1.33. The number of halogens is 4. The van der Waals surface area contributed by atoms with Gasteiger partial charge in [0.05, 0.1) is 6.10 Å². The molecule has 0 radical (unpaired) electrons. The van der Waals surface area contributed by atoms with Crippen molar-refractivity contribution in [2.24, 2.45) is 0 Å². The Morgan fingerprint density at radius 1 is 1.06 bits per heavy atom. The van der Waals surface area contributed by atoms with Gasteiger partial charge >= 0.3 is 6.18 Å². The van der Waals surface area contributed by atoms with Crippen molar-refractivity contribution in [1.82, 2.24) is 0 Å². The van der Waals surface area contributed by atoms with Crippen LogP contribution in [0.2, 0.25) is 5.02 Å². The maximum atomic E-state index is 12.3. The fraction of sp³-hybridized carbons (Fsp3) is 0.478. The van der Waals surface area contributed by atoms with Gasteiger partial charge in [-0.15, -0.1) is 0 Å². The Kier molecular flexibility index (Phi) is 7.93. The van der Waals surface area contributed by atoms with Gasteiger partial charge in [-0.25, -0.2) is 0 Å². The van der Waals surface area contributed by atoms with E-state index in [9.17, 15) is 28.5 Å². The average molecular weight is 491 g/mol. The summed E-state index contributed by atoms with van der Waals surface area (Å²) in [6.07, 6.45) is -8.84. The summed E-state index contributed by atoms with van der Waals surface area (Å²) in [4.78, 5) is 0. The Balaban J connectivity index is 1.86. The number of hydrogen-bond acceptors (Lipinski definition) is 6. The van der Waals surface area contributed by atoms with Crippen LogP contribution in [0.5, 0.6) is 5.75 Å². The topological polar surface area (TPSA) is 88.4 Å². The van der Waals surface area contributed by atoms with E-state index in [-0.39, 0.29) is 5.75 Å². The molecule has 2 aromatic carbocycles. The second-order valence-electron chi connectivity index (χ2n) is 7.89. The molecule has 5 atom stereocenters. The van der Waals surface area contributed by atoms with Crippen molar-refractivity contribution < 1.29 is 42.7 Å². The Hall–Kier alpha value is -1.88. The largest absolute Gasteiger partial charge is 0.484 e. The van der Waals surface area contributed by atoms with Crippen LogP contribution in [0.15, 0.2) is 42.5 Å². The summed E-state index contributed by atoms with van der Waals surface area (Å²) in [5.74, 6) is -1.64. The highest BCUT2D eigenvalue weighted by Gasteiger charge is 2.54. The third-order valence-corrected chi connectivity index (χ3v) is 6.01. The summed E-state index contributed by atoms with van der Waals surface area (Å²) in [6, 6.07) is 11.0. The molecule has 6 nitrogen and oxygen atoms in total. The first-order chi connectivity index (χ1) is 15.5. The number of aliphatic hydroxyl groups excluding tert-OH is 3. The molecule has 0 aromatic heterocycles. The SMILES string of the molecule is CC[C@H]1O[C@@](OC)(c2ccc(Cl)c(Cc3ccc(OCC(F)(F)F)cc3)c2)[C@H](O)[C@@H](O)[C@@H]1O. The van der Waals surface area contributed by atoms with Gasteiger partial charge in [0.25, 0.3) is 0 Å². The summed E-state index contributed by atoms with van der Waals surface area (Å²) >= 11 is 6.37. The minimum Gasteiger partial charge on any atom is -0.484 e. The van der Waals surface area contributed by atoms with E-state index < -0.39 is 43.0 Å². The van der Waals surface area contributed by atoms with E-state index in [1.807, 2.05) is 0 Å². The van der Waals surface area contributed by atoms with Crippen LogP contribution in [-0.4, -0.2) is 59.6 Å². The molecule has 1 saturated heterocycles. The second kappa shape index (κ2) is 10.2. The Bertz CT molecular complexity index is 937. The summed E-state index contributed by atoms with van der Waals surface area (Å²) in [5, 5.41) is 31.7. The smallest absolute Gasteiger partial charge is 0.422 e. The van der Waals surface area contributed by atoms with Gasteiger partial charge < -0.3 is 29.5 Å². The van der Waals surface area contributed by atoms with Crippen molar-refractivity contribution in [3.8, 4) is 5.75 Å². The summed E-state index contributed by atoms with van der Waals surface area (Å²) in [5.41, 5.74) is 1.79. The first kappa shape index (κ1) is 25.7. The van der Waals surface area contributed by atoms with Crippen LogP contribution in [0.3, 0.4) is 0 Å². The number of benzene rings is 2. The summed E-state index contributed by atoms with van der Waals surface area (Å²) in [6.45, 7) is 0.398. The zero-order chi connectivity index (χ0) is 24.4. The molecular weight excluding hydrogens is 465 g/mol. The van der Waals surface area contributed by atoms with Gasteiger partial charge in [0.1, 0.15) is 24.1 Å². The minimum absolute atomic E-state index is 0.0890. The molecule has 1 aliphatic rings. The van der Waals surface area contributed by atoms with Crippen LogP contribution in [0.25, 0.3) is 0 Å². The second-order valence-corrected chi connectivity index (χ2v) is 8.30. The lowest BCUT2D eigenvalue weighted by Gasteiger charge is -2.48. The quantitative estimate of drug-likeness (QED) is 0.550. The first-order valence-corrected chi connectivity index (χ1v) is 10.7. The molecule has 0 unspecified atom stereocenters. The fourth-order valence-electron chi connectivity index (χ4n) is 3.86. The van der Waals surface area contributed by atoms with E-state index in [1.54, 1.807) is 37.3 Å². The Labute approximate surface area is 194 Å². The zero-order valence-electron chi connectivity index (χ0n) is 18.1. The molecular formula is C23H26ClF3O6. The molecule has 0 saturated carbocycles. The number of ether oxygens (including phenoxy) is 3. The van der Waals surface area contributed by atoms with Crippen LogP contribution in [0, 0.1) is 0 Å². The number of alkyl halides is 3. The fourth-order valence-corrected chi connectivity index (χ4v) is 4.05. The monoisotopic (exact) mass is 490 g/mol. The van der Waals surface area contributed by atoms with Crippen LogP contribution in [0.1, 0.15) is 30.0 Å². The lowest BCUT2D eigenvalue weighted by atomic mass is 9.86. The van der Waals surface area contributed by atoms with Crippen molar-refractivity contribution in [3.63, 3.8) is 0 Å². The van der Waals surface area contributed by atoms with Gasteiger partial charge in [-0.3, -0.25) is 0 Å². The van der Waals surface area contributed by atoms with Gasteiger partial charge in [-0.05, 0) is 48.2 Å². The van der Waals surface area contributed by atoms with Crippen LogP contribution < -0.4 is 4.74 Å². The molecule has 3 N–H and O–H groups in total. The van der Waals surface area contributed by atoms with Crippen molar-refractivity contribution in [1.29, 1.82) is 0 Å². The van der Waals surface area contributed by atoms with Crippen molar-refractivity contribution in [2.75, 3.05) is 13.7 Å². The number of rotatable bonds is 7. The van der Waals surface area contributed by atoms with Gasteiger partial charge in [-0.2, -0.15) is 13.2 Å². The normalized spacial score (nSPS) is 28.0.